The van der Waals surface area contributed by atoms with E-state index in [-0.39, 0.29) is 27.4 Å². The van der Waals surface area contributed by atoms with E-state index in [1.165, 1.54) is 13.0 Å². The van der Waals surface area contributed by atoms with Crippen LogP contribution in [0.4, 0.5) is 18.9 Å². The lowest BCUT2D eigenvalue weighted by Gasteiger charge is -2.09. The molecule has 0 bridgehead atoms. The first-order chi connectivity index (χ1) is 9.34. The Labute approximate surface area is 116 Å². The summed E-state index contributed by atoms with van der Waals surface area (Å²) in [5.41, 5.74) is -0.307. The first-order valence-corrected chi connectivity index (χ1v) is 5.79. The molecule has 0 aliphatic heterocycles. The summed E-state index contributed by atoms with van der Waals surface area (Å²) in [4.78, 5) is 10.1. The van der Waals surface area contributed by atoms with Crippen molar-refractivity contribution in [1.29, 1.82) is 0 Å². The molecular weight excluding hydrogens is 295 g/mol. The first-order valence-electron chi connectivity index (χ1n) is 5.42. The molecule has 0 fully saturated rings. The molecule has 7 heteroatoms. The van der Waals surface area contributed by atoms with E-state index in [1.807, 2.05) is 0 Å². The highest BCUT2D eigenvalue weighted by Crippen LogP contribution is 2.37. The highest BCUT2D eigenvalue weighted by atomic mass is 35.5. The predicted octanol–water partition coefficient (Wildman–Crippen LogP) is 4.64. The minimum atomic E-state index is -1.62. The second-order valence-electron chi connectivity index (χ2n) is 4.05. The van der Waals surface area contributed by atoms with Gasteiger partial charge in [-0.25, -0.2) is 13.2 Å². The summed E-state index contributed by atoms with van der Waals surface area (Å²) in [6, 6.07) is 4.13. The number of nitrogens with zero attached hydrogens (tertiary/aromatic N) is 1. The van der Waals surface area contributed by atoms with Gasteiger partial charge < -0.3 is 0 Å². The van der Waals surface area contributed by atoms with Crippen LogP contribution >= 0.6 is 11.6 Å². The lowest BCUT2D eigenvalue weighted by Crippen LogP contribution is -1.97. The van der Waals surface area contributed by atoms with Crippen LogP contribution in [0.5, 0.6) is 0 Å². The third-order valence-electron chi connectivity index (χ3n) is 2.88. The van der Waals surface area contributed by atoms with E-state index < -0.39 is 22.4 Å². The van der Waals surface area contributed by atoms with Crippen molar-refractivity contribution in [2.75, 3.05) is 0 Å². The molecule has 0 radical (unpaired) electrons. The normalized spacial score (nSPS) is 10.7. The Kier molecular flexibility index (Phi) is 3.67. The highest BCUT2D eigenvalue weighted by Gasteiger charge is 2.21. The molecule has 0 amide bonds. The van der Waals surface area contributed by atoms with Gasteiger partial charge in [0, 0.05) is 22.8 Å². The number of nitro benzene ring substituents is 1. The molecule has 0 spiro atoms. The molecule has 2 rings (SSSR count). The molecule has 20 heavy (non-hydrogen) atoms. The first kappa shape index (κ1) is 14.3. The van der Waals surface area contributed by atoms with Crippen molar-refractivity contribution in [1.82, 2.24) is 0 Å². The summed E-state index contributed by atoms with van der Waals surface area (Å²) >= 11 is 5.95. The minimum absolute atomic E-state index is 0.0613. The van der Waals surface area contributed by atoms with E-state index in [2.05, 4.69) is 0 Å². The average Bonchev–Trinajstić information content (AvgIpc) is 2.40. The Bertz CT molecular complexity index is 719. The van der Waals surface area contributed by atoms with Crippen LogP contribution in [0.25, 0.3) is 11.1 Å². The molecular formula is C13H7ClF3NO2. The number of nitro groups is 1. The Morgan fingerprint density at radius 3 is 2.25 bits per heavy atom. The Morgan fingerprint density at radius 2 is 1.65 bits per heavy atom. The molecule has 2 aromatic rings. The summed E-state index contributed by atoms with van der Waals surface area (Å²) in [6.45, 7) is 1.39. The molecule has 0 aliphatic carbocycles. The fourth-order valence-corrected chi connectivity index (χ4v) is 2.08. The molecule has 104 valence electrons. The van der Waals surface area contributed by atoms with Gasteiger partial charge in [-0.3, -0.25) is 10.1 Å². The Hall–Kier alpha value is -2.08. The summed E-state index contributed by atoms with van der Waals surface area (Å²) < 4.78 is 39.8. The molecule has 0 heterocycles. The van der Waals surface area contributed by atoms with E-state index in [0.717, 1.165) is 18.2 Å². The maximum atomic E-state index is 13.7. The smallest absolute Gasteiger partial charge is 0.258 e. The molecule has 2 aromatic carbocycles. The SMILES string of the molecule is Cc1c([N+](=O)[O-])ccc(-c2ccc(F)c(F)c2F)c1Cl. The lowest BCUT2D eigenvalue weighted by molar-refractivity contribution is -0.385. The monoisotopic (exact) mass is 301 g/mol. The zero-order valence-corrected chi connectivity index (χ0v) is 10.8. The fourth-order valence-electron chi connectivity index (χ4n) is 1.81. The van der Waals surface area contributed by atoms with Crippen molar-refractivity contribution in [3.63, 3.8) is 0 Å². The number of rotatable bonds is 2. The minimum Gasteiger partial charge on any atom is -0.258 e. The molecule has 3 nitrogen and oxygen atoms in total. The lowest BCUT2D eigenvalue weighted by atomic mass is 10.0. The third kappa shape index (κ3) is 2.22. The number of halogens is 4. The van der Waals surface area contributed by atoms with Gasteiger partial charge in [0.15, 0.2) is 17.5 Å². The fraction of sp³-hybridized carbons (Fsp3) is 0.0769. The van der Waals surface area contributed by atoms with E-state index >= 15 is 0 Å². The number of hydrogen-bond acceptors (Lipinski definition) is 2. The predicted molar refractivity (Wildman–Crippen MR) is 68.2 cm³/mol. The van der Waals surface area contributed by atoms with Crippen molar-refractivity contribution in [2.24, 2.45) is 0 Å². The zero-order valence-electron chi connectivity index (χ0n) is 10.1. The van der Waals surface area contributed by atoms with E-state index in [4.69, 9.17) is 11.6 Å². The molecule has 0 aliphatic rings. The Balaban J connectivity index is 2.69. The molecule has 0 atom stereocenters. The second kappa shape index (κ2) is 5.13. The third-order valence-corrected chi connectivity index (χ3v) is 3.37. The van der Waals surface area contributed by atoms with Crippen LogP contribution in [0.1, 0.15) is 5.56 Å². The van der Waals surface area contributed by atoms with Crippen LogP contribution in [-0.4, -0.2) is 4.92 Å². The standard InChI is InChI=1S/C13H7ClF3NO2/c1-6-10(18(19)20)5-3-7(11(6)14)8-2-4-9(15)13(17)12(8)16/h2-5H,1H3. The molecule has 0 saturated heterocycles. The summed E-state index contributed by atoms with van der Waals surface area (Å²) in [5, 5.41) is 10.7. The Morgan fingerprint density at radius 1 is 1.05 bits per heavy atom. The maximum absolute atomic E-state index is 13.7. The van der Waals surface area contributed by atoms with Gasteiger partial charge in [-0.15, -0.1) is 0 Å². The molecule has 0 aromatic heterocycles. The maximum Gasteiger partial charge on any atom is 0.273 e. The van der Waals surface area contributed by atoms with Gasteiger partial charge in [0.1, 0.15) is 0 Å². The summed E-state index contributed by atoms with van der Waals surface area (Å²) in [6.07, 6.45) is 0. The van der Waals surface area contributed by atoms with Crippen LogP contribution in [0.2, 0.25) is 5.02 Å². The molecule has 0 unspecified atom stereocenters. The highest BCUT2D eigenvalue weighted by molar-refractivity contribution is 6.34. The van der Waals surface area contributed by atoms with Gasteiger partial charge >= 0.3 is 0 Å². The molecule has 0 saturated carbocycles. The van der Waals surface area contributed by atoms with Crippen LogP contribution < -0.4 is 0 Å². The summed E-state index contributed by atoms with van der Waals surface area (Å²) in [5.74, 6) is -4.32. The van der Waals surface area contributed by atoms with E-state index in [0.29, 0.717) is 0 Å². The van der Waals surface area contributed by atoms with Gasteiger partial charge in [0.2, 0.25) is 0 Å². The van der Waals surface area contributed by atoms with Gasteiger partial charge in [0.05, 0.1) is 9.95 Å². The van der Waals surface area contributed by atoms with Crippen LogP contribution in [0.3, 0.4) is 0 Å². The van der Waals surface area contributed by atoms with Crippen molar-refractivity contribution in [3.05, 3.63) is 62.4 Å². The molecule has 0 N–H and O–H groups in total. The van der Waals surface area contributed by atoms with Gasteiger partial charge in [-0.1, -0.05) is 11.6 Å². The van der Waals surface area contributed by atoms with Gasteiger partial charge in [-0.2, -0.15) is 0 Å². The van der Waals surface area contributed by atoms with Crippen LogP contribution in [-0.2, 0) is 0 Å². The quantitative estimate of drug-likeness (QED) is 0.460. The summed E-state index contributed by atoms with van der Waals surface area (Å²) in [7, 11) is 0. The van der Waals surface area contributed by atoms with Crippen molar-refractivity contribution >= 4 is 17.3 Å². The van der Waals surface area contributed by atoms with Crippen molar-refractivity contribution in [3.8, 4) is 11.1 Å². The van der Waals surface area contributed by atoms with E-state index in [1.54, 1.807) is 0 Å². The number of hydrogen-bond donors (Lipinski definition) is 0. The zero-order chi connectivity index (χ0) is 15.0. The second-order valence-corrected chi connectivity index (χ2v) is 4.43. The van der Waals surface area contributed by atoms with Crippen molar-refractivity contribution in [2.45, 2.75) is 6.92 Å². The largest absolute Gasteiger partial charge is 0.273 e. The average molecular weight is 302 g/mol. The number of benzene rings is 2. The van der Waals surface area contributed by atoms with Crippen LogP contribution in [0, 0.1) is 34.5 Å². The van der Waals surface area contributed by atoms with Crippen LogP contribution in [0.15, 0.2) is 24.3 Å². The van der Waals surface area contributed by atoms with Gasteiger partial charge in [0.25, 0.3) is 5.69 Å². The van der Waals surface area contributed by atoms with E-state index in [9.17, 15) is 23.3 Å². The topological polar surface area (TPSA) is 43.1 Å². The van der Waals surface area contributed by atoms with Crippen molar-refractivity contribution < 1.29 is 18.1 Å². The van der Waals surface area contributed by atoms with Gasteiger partial charge in [-0.05, 0) is 25.1 Å².